The van der Waals surface area contributed by atoms with Gasteiger partial charge in [-0.1, -0.05) is 12.1 Å². The molecule has 22 heavy (non-hydrogen) atoms. The van der Waals surface area contributed by atoms with Crippen LogP contribution in [-0.4, -0.2) is 35.8 Å². The van der Waals surface area contributed by atoms with E-state index in [0.29, 0.717) is 17.9 Å². The summed E-state index contributed by atoms with van der Waals surface area (Å²) in [6.07, 6.45) is 2.84. The summed E-state index contributed by atoms with van der Waals surface area (Å²) < 4.78 is 11.6. The molecule has 0 aliphatic carbocycles. The van der Waals surface area contributed by atoms with Crippen molar-refractivity contribution in [2.45, 2.75) is 39.2 Å². The number of para-hydroxylation sites is 1. The molecular weight excluding hydrogens is 300 g/mol. The zero-order chi connectivity index (χ0) is 16.2. The molecule has 2 rings (SSSR count). The van der Waals surface area contributed by atoms with Gasteiger partial charge in [-0.25, -0.2) is 0 Å². The molecule has 0 aromatic heterocycles. The van der Waals surface area contributed by atoms with Crippen molar-refractivity contribution in [1.82, 2.24) is 0 Å². The minimum Gasteiger partial charge on any atom is -0.493 e. The number of benzene rings is 1. The van der Waals surface area contributed by atoms with Crippen molar-refractivity contribution in [3.8, 4) is 11.5 Å². The summed E-state index contributed by atoms with van der Waals surface area (Å²) in [6.45, 7) is 3.44. The van der Waals surface area contributed by atoms with Crippen LogP contribution >= 0.6 is 11.8 Å². The van der Waals surface area contributed by atoms with E-state index >= 15 is 0 Å². The highest BCUT2D eigenvalue weighted by Gasteiger charge is 2.29. The second-order valence-electron chi connectivity index (χ2n) is 6.27. The molecule has 0 amide bonds. The standard InChI is InChI=1S/C17H24O4S/c1-17(2,16(18)19)10-12-6-4-8-14(15(12)20-3)21-13-7-5-9-22-11-13/h4,6,8,13H,5,7,9-11H2,1-3H3,(H,18,19). The molecule has 0 bridgehead atoms. The molecule has 1 aromatic rings. The Morgan fingerprint density at radius 1 is 1.45 bits per heavy atom. The maximum Gasteiger partial charge on any atom is 0.309 e. The normalized spacial score (nSPS) is 18.8. The summed E-state index contributed by atoms with van der Waals surface area (Å²) in [4.78, 5) is 11.4. The fraction of sp³-hybridized carbons (Fsp3) is 0.588. The summed E-state index contributed by atoms with van der Waals surface area (Å²) in [6, 6.07) is 5.71. The van der Waals surface area contributed by atoms with Gasteiger partial charge in [0.25, 0.3) is 0 Å². The van der Waals surface area contributed by atoms with Crippen molar-refractivity contribution in [3.05, 3.63) is 23.8 Å². The molecule has 4 nitrogen and oxygen atoms in total. The van der Waals surface area contributed by atoms with Crippen LogP contribution in [0, 0.1) is 5.41 Å². The number of carboxylic acid groups (broad SMARTS) is 1. The van der Waals surface area contributed by atoms with Crippen LogP contribution in [0.15, 0.2) is 18.2 Å². The minimum atomic E-state index is -0.841. The number of methoxy groups -OCH3 is 1. The topological polar surface area (TPSA) is 55.8 Å². The number of carboxylic acids is 1. The smallest absolute Gasteiger partial charge is 0.309 e. The first-order valence-electron chi connectivity index (χ1n) is 7.57. The lowest BCUT2D eigenvalue weighted by atomic mass is 9.85. The van der Waals surface area contributed by atoms with Crippen molar-refractivity contribution >= 4 is 17.7 Å². The zero-order valence-electron chi connectivity index (χ0n) is 13.4. The predicted molar refractivity (Wildman–Crippen MR) is 89.1 cm³/mol. The largest absolute Gasteiger partial charge is 0.493 e. The van der Waals surface area contributed by atoms with Crippen LogP contribution in [-0.2, 0) is 11.2 Å². The number of ether oxygens (including phenoxy) is 2. The molecule has 1 fully saturated rings. The van der Waals surface area contributed by atoms with Crippen molar-refractivity contribution in [1.29, 1.82) is 0 Å². The predicted octanol–water partition coefficient (Wildman–Crippen LogP) is 3.62. The van der Waals surface area contributed by atoms with Gasteiger partial charge in [-0.2, -0.15) is 11.8 Å². The SMILES string of the molecule is COc1c(CC(C)(C)C(=O)O)cccc1OC1CCCSC1. The van der Waals surface area contributed by atoms with Crippen molar-refractivity contribution in [3.63, 3.8) is 0 Å². The molecule has 122 valence electrons. The van der Waals surface area contributed by atoms with E-state index in [1.54, 1.807) is 21.0 Å². The van der Waals surface area contributed by atoms with Gasteiger partial charge in [0.2, 0.25) is 0 Å². The number of thioether (sulfide) groups is 1. The first kappa shape index (κ1) is 17.0. The number of hydrogen-bond donors (Lipinski definition) is 1. The Balaban J connectivity index is 2.21. The third kappa shape index (κ3) is 4.09. The van der Waals surface area contributed by atoms with E-state index in [4.69, 9.17) is 9.47 Å². The van der Waals surface area contributed by atoms with E-state index in [2.05, 4.69) is 0 Å². The van der Waals surface area contributed by atoms with Crippen molar-refractivity contribution < 1.29 is 19.4 Å². The summed E-state index contributed by atoms with van der Waals surface area (Å²) in [5.41, 5.74) is 0.0305. The molecule has 1 heterocycles. The van der Waals surface area contributed by atoms with Crippen LogP contribution < -0.4 is 9.47 Å². The number of aliphatic carboxylic acids is 1. The fourth-order valence-electron chi connectivity index (χ4n) is 2.56. The first-order valence-corrected chi connectivity index (χ1v) is 8.73. The Morgan fingerprint density at radius 2 is 2.23 bits per heavy atom. The third-order valence-corrected chi connectivity index (χ3v) is 5.07. The second-order valence-corrected chi connectivity index (χ2v) is 7.42. The van der Waals surface area contributed by atoms with Crippen molar-refractivity contribution in [2.24, 2.45) is 5.41 Å². The van der Waals surface area contributed by atoms with Gasteiger partial charge >= 0.3 is 5.97 Å². The lowest BCUT2D eigenvalue weighted by Gasteiger charge is -2.25. The lowest BCUT2D eigenvalue weighted by Crippen LogP contribution is -2.27. The molecule has 1 N–H and O–H groups in total. The van der Waals surface area contributed by atoms with E-state index in [-0.39, 0.29) is 6.10 Å². The van der Waals surface area contributed by atoms with E-state index in [1.807, 2.05) is 30.0 Å². The quantitative estimate of drug-likeness (QED) is 0.866. The molecule has 5 heteroatoms. The first-order chi connectivity index (χ1) is 10.4. The summed E-state index contributed by atoms with van der Waals surface area (Å²) in [5.74, 6) is 2.75. The Morgan fingerprint density at radius 3 is 2.82 bits per heavy atom. The monoisotopic (exact) mass is 324 g/mol. The maximum absolute atomic E-state index is 11.4. The van der Waals surface area contributed by atoms with E-state index in [1.165, 1.54) is 12.2 Å². The second kappa shape index (κ2) is 7.27. The number of rotatable bonds is 6. The van der Waals surface area contributed by atoms with Crippen LogP contribution in [0.3, 0.4) is 0 Å². The summed E-state index contributed by atoms with van der Waals surface area (Å²) >= 11 is 1.91. The molecular formula is C17H24O4S. The molecule has 1 aromatic carbocycles. The van der Waals surface area contributed by atoms with Gasteiger partial charge in [-0.15, -0.1) is 0 Å². The van der Waals surface area contributed by atoms with E-state index in [0.717, 1.165) is 17.7 Å². The van der Waals surface area contributed by atoms with Gasteiger partial charge in [0, 0.05) is 5.75 Å². The van der Waals surface area contributed by atoms with Crippen LogP contribution in [0.5, 0.6) is 11.5 Å². The van der Waals surface area contributed by atoms with Gasteiger partial charge in [0.15, 0.2) is 11.5 Å². The minimum absolute atomic E-state index is 0.204. The van der Waals surface area contributed by atoms with Crippen LogP contribution in [0.25, 0.3) is 0 Å². The van der Waals surface area contributed by atoms with E-state index < -0.39 is 11.4 Å². The highest BCUT2D eigenvalue weighted by Crippen LogP contribution is 2.36. The Kier molecular flexibility index (Phi) is 5.62. The van der Waals surface area contributed by atoms with Gasteiger partial charge in [0.05, 0.1) is 12.5 Å². The number of carbonyl (C=O) groups is 1. The molecule has 0 spiro atoms. The fourth-order valence-corrected chi connectivity index (χ4v) is 3.60. The highest BCUT2D eigenvalue weighted by molar-refractivity contribution is 7.99. The molecule has 0 saturated carbocycles. The zero-order valence-corrected chi connectivity index (χ0v) is 14.2. The van der Waals surface area contributed by atoms with Gasteiger partial charge < -0.3 is 14.6 Å². The van der Waals surface area contributed by atoms with Gasteiger partial charge in [-0.3, -0.25) is 4.79 Å². The van der Waals surface area contributed by atoms with Crippen molar-refractivity contribution in [2.75, 3.05) is 18.6 Å². The van der Waals surface area contributed by atoms with Crippen LogP contribution in [0.1, 0.15) is 32.3 Å². The van der Waals surface area contributed by atoms with E-state index in [9.17, 15) is 9.90 Å². The lowest BCUT2D eigenvalue weighted by molar-refractivity contribution is -0.146. The molecule has 1 unspecified atom stereocenters. The van der Waals surface area contributed by atoms with Crippen LogP contribution in [0.2, 0.25) is 0 Å². The van der Waals surface area contributed by atoms with Crippen LogP contribution in [0.4, 0.5) is 0 Å². The maximum atomic E-state index is 11.4. The average molecular weight is 324 g/mol. The molecule has 1 atom stereocenters. The summed E-state index contributed by atoms with van der Waals surface area (Å²) in [5, 5.41) is 9.32. The van der Waals surface area contributed by atoms with Gasteiger partial charge in [-0.05, 0) is 50.5 Å². The van der Waals surface area contributed by atoms with Gasteiger partial charge in [0.1, 0.15) is 6.10 Å². The Hall–Kier alpha value is -1.36. The highest BCUT2D eigenvalue weighted by atomic mass is 32.2. The number of hydrogen-bond acceptors (Lipinski definition) is 4. The third-order valence-electron chi connectivity index (χ3n) is 3.89. The Labute approximate surface area is 136 Å². The molecule has 1 aliphatic heterocycles. The summed E-state index contributed by atoms with van der Waals surface area (Å²) in [7, 11) is 1.61. The Bertz CT molecular complexity index is 521. The molecule has 1 saturated heterocycles. The molecule has 0 radical (unpaired) electrons. The average Bonchev–Trinajstić information content (AvgIpc) is 2.48. The molecule has 1 aliphatic rings.